The van der Waals surface area contributed by atoms with Gasteiger partial charge >= 0.3 is 5.97 Å². The van der Waals surface area contributed by atoms with Gasteiger partial charge in [0.05, 0.1) is 15.3 Å². The number of non-ortho nitro benzene ring substituents is 1. The first kappa shape index (κ1) is 30.0. The van der Waals surface area contributed by atoms with Gasteiger partial charge in [0, 0.05) is 43.7 Å². The normalized spacial score (nSPS) is 20.6. The SMILES string of the molecule is CC[C@H](O)[C@@H]1C(=O)N2C(C(=O)O)=C(SCCC(=O)N(C)Cc3ccccc3)S[C@]12SCc1ccc([N+](=O)[O-])cc1. The van der Waals surface area contributed by atoms with Crippen molar-refractivity contribution in [3.63, 3.8) is 0 Å². The summed E-state index contributed by atoms with van der Waals surface area (Å²) >= 11 is 3.77. The van der Waals surface area contributed by atoms with Crippen LogP contribution >= 0.6 is 35.3 Å². The van der Waals surface area contributed by atoms with Gasteiger partial charge in [0.25, 0.3) is 5.69 Å². The van der Waals surface area contributed by atoms with E-state index in [0.29, 0.717) is 28.7 Å². The maximum atomic E-state index is 13.2. The Hall–Kier alpha value is -3.00. The maximum Gasteiger partial charge on any atom is 0.354 e. The van der Waals surface area contributed by atoms with Crippen molar-refractivity contribution in [1.82, 2.24) is 9.80 Å². The second-order valence-electron chi connectivity index (χ2n) is 9.35. The molecule has 4 rings (SSSR count). The predicted molar refractivity (Wildman–Crippen MR) is 156 cm³/mol. The lowest BCUT2D eigenvalue weighted by Gasteiger charge is -2.53. The molecule has 3 atom stereocenters. The van der Waals surface area contributed by atoms with E-state index in [1.54, 1.807) is 31.0 Å². The predicted octanol–water partition coefficient (Wildman–Crippen LogP) is 4.49. The Morgan fingerprint density at radius 1 is 1.18 bits per heavy atom. The Kier molecular flexibility index (Phi) is 9.49. The van der Waals surface area contributed by atoms with Crippen LogP contribution in [-0.4, -0.2) is 65.8 Å². The van der Waals surface area contributed by atoms with Crippen LogP contribution in [0.25, 0.3) is 0 Å². The van der Waals surface area contributed by atoms with Crippen LogP contribution in [-0.2, 0) is 26.7 Å². The smallest absolute Gasteiger partial charge is 0.354 e. The van der Waals surface area contributed by atoms with Gasteiger partial charge in [-0.05, 0) is 17.5 Å². The van der Waals surface area contributed by atoms with E-state index >= 15 is 0 Å². The third-order valence-corrected chi connectivity index (χ3v) is 11.2. The second-order valence-corrected chi connectivity index (χ2v) is 13.4. The van der Waals surface area contributed by atoms with Gasteiger partial charge < -0.3 is 15.1 Å². The van der Waals surface area contributed by atoms with E-state index in [1.807, 2.05) is 30.3 Å². The van der Waals surface area contributed by atoms with Crippen molar-refractivity contribution in [3.8, 4) is 0 Å². The van der Waals surface area contributed by atoms with Crippen molar-refractivity contribution >= 4 is 58.8 Å². The molecule has 0 bridgehead atoms. The summed E-state index contributed by atoms with van der Waals surface area (Å²) in [4.78, 5) is 51.6. The number of amides is 2. The zero-order valence-electron chi connectivity index (χ0n) is 21.9. The number of hydrogen-bond donors (Lipinski definition) is 2. The molecule has 2 amide bonds. The molecule has 0 spiro atoms. The number of thioether (sulfide) groups is 3. The maximum absolute atomic E-state index is 13.2. The molecular weight excluding hydrogens is 575 g/mol. The van der Waals surface area contributed by atoms with Gasteiger partial charge in [-0.2, -0.15) is 0 Å². The van der Waals surface area contributed by atoms with Crippen LogP contribution in [0.5, 0.6) is 0 Å². The van der Waals surface area contributed by atoms with Crippen LogP contribution in [0.2, 0.25) is 0 Å². The minimum Gasteiger partial charge on any atom is -0.477 e. The molecule has 2 aliphatic heterocycles. The molecule has 2 aromatic carbocycles. The van der Waals surface area contributed by atoms with Gasteiger partial charge in [0.2, 0.25) is 11.8 Å². The Morgan fingerprint density at radius 2 is 1.85 bits per heavy atom. The number of benzene rings is 2. The molecule has 2 aliphatic rings. The van der Waals surface area contributed by atoms with E-state index in [4.69, 9.17) is 0 Å². The summed E-state index contributed by atoms with van der Waals surface area (Å²) in [5.74, 6) is -1.95. The number of carboxylic acid groups (broad SMARTS) is 1. The highest BCUT2D eigenvalue weighted by molar-refractivity contribution is 8.29. The highest BCUT2D eigenvalue weighted by atomic mass is 32.2. The van der Waals surface area contributed by atoms with Gasteiger partial charge in [0.1, 0.15) is 5.92 Å². The van der Waals surface area contributed by atoms with Crippen molar-refractivity contribution in [2.45, 2.75) is 42.4 Å². The fourth-order valence-electron chi connectivity index (χ4n) is 4.55. The Bertz CT molecular complexity index is 1320. The average molecular weight is 604 g/mol. The van der Waals surface area contributed by atoms with Gasteiger partial charge in [-0.3, -0.25) is 24.6 Å². The Morgan fingerprint density at radius 3 is 2.45 bits per heavy atom. The van der Waals surface area contributed by atoms with Gasteiger partial charge in [-0.1, -0.05) is 61.2 Å². The lowest BCUT2D eigenvalue weighted by atomic mass is 9.89. The van der Waals surface area contributed by atoms with E-state index in [2.05, 4.69) is 0 Å². The van der Waals surface area contributed by atoms with Crippen LogP contribution in [0.3, 0.4) is 0 Å². The molecule has 1 fully saturated rings. The summed E-state index contributed by atoms with van der Waals surface area (Å²) in [5.41, 5.74) is 1.59. The van der Waals surface area contributed by atoms with Crippen LogP contribution in [0, 0.1) is 16.0 Å². The molecular formula is C27H29N3O7S3. The number of nitrogens with zero attached hydrogens (tertiary/aromatic N) is 3. The summed E-state index contributed by atoms with van der Waals surface area (Å²) in [6, 6.07) is 15.6. The number of carbonyl (C=O) groups excluding carboxylic acids is 2. The first-order valence-electron chi connectivity index (χ1n) is 12.6. The fourth-order valence-corrected chi connectivity index (χ4v) is 9.52. The van der Waals surface area contributed by atoms with Crippen molar-refractivity contribution in [1.29, 1.82) is 0 Å². The molecule has 40 heavy (non-hydrogen) atoms. The highest BCUT2D eigenvalue weighted by Gasteiger charge is 2.69. The molecule has 0 radical (unpaired) electrons. The third-order valence-electron chi connectivity index (χ3n) is 6.68. The minimum atomic E-state index is -1.25. The summed E-state index contributed by atoms with van der Waals surface area (Å²) in [5, 5.41) is 31.8. The van der Waals surface area contributed by atoms with E-state index in [-0.39, 0.29) is 23.7 Å². The first-order valence-corrected chi connectivity index (χ1v) is 15.3. The van der Waals surface area contributed by atoms with Crippen molar-refractivity contribution in [2.75, 3.05) is 12.8 Å². The lowest BCUT2D eigenvalue weighted by molar-refractivity contribution is -0.384. The van der Waals surface area contributed by atoms with E-state index in [1.165, 1.54) is 52.3 Å². The van der Waals surface area contributed by atoms with Crippen LogP contribution in [0.4, 0.5) is 5.69 Å². The van der Waals surface area contributed by atoms with E-state index in [0.717, 1.165) is 11.1 Å². The standard InChI is InChI=1S/C27H29N3O7S3/c1-3-20(31)22-24(33)29-23(25(34)35)26(38-14-13-21(32)28(2)15-17-7-5-4-6-8-17)40-27(22,29)39-16-18-9-11-19(12-10-18)30(36)37/h4-12,20,22,31H,3,13-16H2,1-2H3,(H,34,35)/t20-,22+,27+/m0/s1. The summed E-state index contributed by atoms with van der Waals surface area (Å²) < 4.78 is -0.653. The molecule has 2 aromatic rings. The number of carbonyl (C=O) groups is 3. The number of aliphatic carboxylic acids is 1. The molecule has 1 saturated heterocycles. The zero-order chi connectivity index (χ0) is 29.0. The molecule has 13 heteroatoms. The lowest BCUT2D eigenvalue weighted by Crippen LogP contribution is -2.68. The van der Waals surface area contributed by atoms with Gasteiger partial charge in [-0.25, -0.2) is 4.79 Å². The van der Waals surface area contributed by atoms with Gasteiger partial charge in [-0.15, -0.1) is 23.5 Å². The Balaban J connectivity index is 1.48. The number of aliphatic hydroxyl groups excluding tert-OH is 1. The highest BCUT2D eigenvalue weighted by Crippen LogP contribution is 2.66. The number of rotatable bonds is 13. The van der Waals surface area contributed by atoms with Crippen LogP contribution in [0.15, 0.2) is 64.5 Å². The number of carboxylic acids is 1. The fraction of sp³-hybridized carbons (Fsp3) is 0.370. The van der Waals surface area contributed by atoms with Crippen molar-refractivity contribution in [2.24, 2.45) is 5.92 Å². The minimum absolute atomic E-state index is 0.0423. The Labute approximate surface area is 244 Å². The molecule has 2 heterocycles. The third kappa shape index (κ3) is 6.02. The molecule has 10 nitrogen and oxygen atoms in total. The number of β-lactam (4-membered cyclic amide) rings is 1. The largest absolute Gasteiger partial charge is 0.477 e. The van der Waals surface area contributed by atoms with Crippen LogP contribution < -0.4 is 0 Å². The van der Waals surface area contributed by atoms with E-state index < -0.39 is 33.0 Å². The topological polar surface area (TPSA) is 141 Å². The zero-order valence-corrected chi connectivity index (χ0v) is 24.3. The molecule has 0 aromatic heterocycles. The average Bonchev–Trinajstić information content (AvgIpc) is 3.22. The molecule has 0 aliphatic carbocycles. The number of aliphatic hydroxyl groups is 1. The second kappa shape index (κ2) is 12.7. The summed E-state index contributed by atoms with van der Waals surface area (Å²) in [7, 11) is 1.72. The van der Waals surface area contributed by atoms with Crippen LogP contribution in [0.1, 0.15) is 30.9 Å². The number of nitro benzene ring substituents is 1. The molecule has 212 valence electrons. The van der Waals surface area contributed by atoms with Crippen molar-refractivity contribution in [3.05, 3.63) is 85.8 Å². The van der Waals surface area contributed by atoms with Crippen molar-refractivity contribution < 1.29 is 29.5 Å². The first-order chi connectivity index (χ1) is 19.1. The number of nitro groups is 1. The van der Waals surface area contributed by atoms with E-state index in [9.17, 15) is 34.7 Å². The molecule has 0 unspecified atom stereocenters. The molecule has 2 N–H and O–H groups in total. The summed E-state index contributed by atoms with van der Waals surface area (Å²) in [6.45, 7) is 2.22. The van der Waals surface area contributed by atoms with Gasteiger partial charge in [0.15, 0.2) is 9.90 Å². The molecule has 0 saturated carbocycles. The quantitative estimate of drug-likeness (QED) is 0.191. The number of hydrogen-bond acceptors (Lipinski definition) is 9. The number of fused-ring (bicyclic) bond motifs is 1. The monoisotopic (exact) mass is 603 g/mol. The summed E-state index contributed by atoms with van der Waals surface area (Å²) in [6.07, 6.45) is -0.464.